The Morgan fingerprint density at radius 3 is 3.00 bits per heavy atom. The SMILES string of the molecule is CN1CCN=C1CN1CC(C)(C)OC[C@H]1C(=O)Nc1cc(Cl)cc2c1[nH]c1cnccc12. The Kier molecular flexibility index (Phi) is 5.31. The van der Waals surface area contributed by atoms with Gasteiger partial charge in [0, 0.05) is 42.1 Å². The van der Waals surface area contributed by atoms with E-state index < -0.39 is 6.04 Å². The highest BCUT2D eigenvalue weighted by Gasteiger charge is 2.39. The van der Waals surface area contributed by atoms with Crippen molar-refractivity contribution in [3.8, 4) is 0 Å². The first kappa shape index (κ1) is 21.2. The van der Waals surface area contributed by atoms with Gasteiger partial charge in [0.25, 0.3) is 0 Å². The number of halogens is 1. The monoisotopic (exact) mass is 454 g/mol. The number of carbonyl (C=O) groups is 1. The summed E-state index contributed by atoms with van der Waals surface area (Å²) in [5.41, 5.74) is 2.04. The van der Waals surface area contributed by atoms with Gasteiger partial charge in [-0.25, -0.2) is 0 Å². The summed E-state index contributed by atoms with van der Waals surface area (Å²) in [4.78, 5) is 29.9. The smallest absolute Gasteiger partial charge is 0.244 e. The fourth-order valence-corrected chi connectivity index (χ4v) is 4.74. The van der Waals surface area contributed by atoms with E-state index in [1.807, 2.05) is 33.0 Å². The Morgan fingerprint density at radius 1 is 1.38 bits per heavy atom. The van der Waals surface area contributed by atoms with Crippen molar-refractivity contribution in [2.24, 2.45) is 4.99 Å². The van der Waals surface area contributed by atoms with Gasteiger partial charge >= 0.3 is 0 Å². The predicted molar refractivity (Wildman–Crippen MR) is 128 cm³/mol. The van der Waals surface area contributed by atoms with Gasteiger partial charge in [0.2, 0.25) is 5.91 Å². The molecule has 0 spiro atoms. The molecule has 32 heavy (non-hydrogen) atoms. The fourth-order valence-electron chi connectivity index (χ4n) is 4.53. The number of anilines is 1. The van der Waals surface area contributed by atoms with Gasteiger partial charge in [-0.3, -0.25) is 19.7 Å². The number of hydrogen-bond donors (Lipinski definition) is 2. The lowest BCUT2D eigenvalue weighted by Gasteiger charge is -2.43. The van der Waals surface area contributed by atoms with Gasteiger partial charge in [-0.2, -0.15) is 0 Å². The molecule has 0 bridgehead atoms. The van der Waals surface area contributed by atoms with Crippen molar-refractivity contribution in [3.63, 3.8) is 0 Å². The van der Waals surface area contributed by atoms with Gasteiger partial charge in [-0.1, -0.05) is 11.6 Å². The molecular weight excluding hydrogens is 428 g/mol. The highest BCUT2D eigenvalue weighted by atomic mass is 35.5. The zero-order valence-corrected chi connectivity index (χ0v) is 19.2. The van der Waals surface area contributed by atoms with E-state index in [1.54, 1.807) is 18.5 Å². The number of carbonyl (C=O) groups excluding carboxylic acids is 1. The standard InChI is InChI=1S/C23H27ClN6O2/c1-23(2)13-30(11-20-26-6-7-29(20)3)19(12-32-23)22(31)28-17-9-14(24)8-16-15-4-5-25-10-18(15)27-21(16)17/h4-5,8-10,19,27H,6-7,11-13H2,1-3H3,(H,28,31)/t19-/m0/s1. The molecule has 1 fully saturated rings. The van der Waals surface area contributed by atoms with Crippen LogP contribution in [0, 0.1) is 0 Å². The number of aromatic nitrogens is 2. The number of benzene rings is 1. The van der Waals surface area contributed by atoms with E-state index in [0.29, 0.717) is 30.4 Å². The van der Waals surface area contributed by atoms with E-state index in [1.165, 1.54) is 0 Å². The summed E-state index contributed by atoms with van der Waals surface area (Å²) in [6, 6.07) is 5.18. The largest absolute Gasteiger partial charge is 0.372 e. The van der Waals surface area contributed by atoms with Crippen LogP contribution < -0.4 is 5.32 Å². The number of morpholine rings is 1. The minimum atomic E-state index is -0.431. The number of amidine groups is 1. The number of rotatable bonds is 4. The summed E-state index contributed by atoms with van der Waals surface area (Å²) in [7, 11) is 2.04. The molecule has 1 atom stereocenters. The number of likely N-dealkylation sites (N-methyl/N-ethyl adjacent to an activating group) is 1. The highest BCUT2D eigenvalue weighted by molar-refractivity contribution is 6.33. The lowest BCUT2D eigenvalue weighted by atomic mass is 10.0. The maximum Gasteiger partial charge on any atom is 0.244 e. The highest BCUT2D eigenvalue weighted by Crippen LogP contribution is 2.33. The molecule has 1 saturated heterocycles. The predicted octanol–water partition coefficient (Wildman–Crippen LogP) is 3.13. The average Bonchev–Trinajstić information content (AvgIpc) is 3.31. The van der Waals surface area contributed by atoms with Crippen molar-refractivity contribution >= 4 is 50.8 Å². The topological polar surface area (TPSA) is 85.9 Å². The lowest BCUT2D eigenvalue weighted by Crippen LogP contribution is -2.59. The second-order valence-electron chi connectivity index (χ2n) is 9.12. The van der Waals surface area contributed by atoms with Gasteiger partial charge in [0.15, 0.2) is 0 Å². The summed E-state index contributed by atoms with van der Waals surface area (Å²) < 4.78 is 6.02. The van der Waals surface area contributed by atoms with Crippen molar-refractivity contribution < 1.29 is 9.53 Å². The van der Waals surface area contributed by atoms with E-state index in [0.717, 1.165) is 40.7 Å². The molecular formula is C23H27ClN6O2. The van der Waals surface area contributed by atoms with Crippen LogP contribution in [0.15, 0.2) is 35.6 Å². The molecule has 168 valence electrons. The molecule has 1 amide bonds. The number of ether oxygens (including phenoxy) is 1. The van der Waals surface area contributed by atoms with Crippen LogP contribution in [0.4, 0.5) is 5.69 Å². The third-order valence-electron chi connectivity index (χ3n) is 6.21. The molecule has 2 aliphatic heterocycles. The lowest BCUT2D eigenvalue weighted by molar-refractivity contribution is -0.141. The van der Waals surface area contributed by atoms with Gasteiger partial charge in [-0.05, 0) is 32.0 Å². The first-order valence-electron chi connectivity index (χ1n) is 10.8. The maximum absolute atomic E-state index is 13.5. The van der Waals surface area contributed by atoms with Gasteiger partial charge in [-0.15, -0.1) is 0 Å². The van der Waals surface area contributed by atoms with Crippen molar-refractivity contribution in [1.82, 2.24) is 19.8 Å². The molecule has 0 radical (unpaired) electrons. The third-order valence-corrected chi connectivity index (χ3v) is 6.42. The molecule has 1 aromatic carbocycles. The number of nitrogens with one attached hydrogen (secondary N) is 2. The van der Waals surface area contributed by atoms with Gasteiger partial charge in [0.1, 0.15) is 11.9 Å². The number of H-pyrrole nitrogens is 1. The summed E-state index contributed by atoms with van der Waals surface area (Å²) in [5, 5.41) is 5.62. The van der Waals surface area contributed by atoms with Crippen LogP contribution >= 0.6 is 11.6 Å². The summed E-state index contributed by atoms with van der Waals surface area (Å²) in [5.74, 6) is 0.885. The number of hydrogen-bond acceptors (Lipinski definition) is 6. The normalized spacial score (nSPS) is 21.3. The Hall–Kier alpha value is -2.68. The Balaban J connectivity index is 1.44. The van der Waals surface area contributed by atoms with Crippen LogP contribution in [0.25, 0.3) is 21.8 Å². The van der Waals surface area contributed by atoms with E-state index in [9.17, 15) is 4.79 Å². The van der Waals surface area contributed by atoms with Crippen molar-refractivity contribution in [2.75, 3.05) is 45.2 Å². The Morgan fingerprint density at radius 2 is 2.22 bits per heavy atom. The summed E-state index contributed by atoms with van der Waals surface area (Å²) >= 11 is 6.41. The quantitative estimate of drug-likeness (QED) is 0.632. The second kappa shape index (κ2) is 8.03. The number of pyridine rings is 1. The van der Waals surface area contributed by atoms with Crippen LogP contribution in [-0.2, 0) is 9.53 Å². The molecule has 9 heteroatoms. The van der Waals surface area contributed by atoms with Gasteiger partial charge < -0.3 is 19.9 Å². The number of nitrogens with zero attached hydrogens (tertiary/aromatic N) is 4. The van der Waals surface area contributed by atoms with Crippen molar-refractivity contribution in [1.29, 1.82) is 0 Å². The Bertz CT molecular complexity index is 1220. The van der Waals surface area contributed by atoms with E-state index in [2.05, 4.69) is 30.1 Å². The molecule has 0 aliphatic carbocycles. The fraction of sp³-hybridized carbons (Fsp3) is 0.435. The van der Waals surface area contributed by atoms with Gasteiger partial charge in [0.05, 0.1) is 48.2 Å². The minimum Gasteiger partial charge on any atom is -0.372 e. The zero-order valence-electron chi connectivity index (χ0n) is 18.5. The maximum atomic E-state index is 13.5. The molecule has 0 saturated carbocycles. The van der Waals surface area contributed by atoms with Crippen LogP contribution in [0.5, 0.6) is 0 Å². The molecule has 3 aromatic rings. The van der Waals surface area contributed by atoms with Crippen molar-refractivity contribution in [3.05, 3.63) is 35.6 Å². The van der Waals surface area contributed by atoms with Crippen molar-refractivity contribution in [2.45, 2.75) is 25.5 Å². The minimum absolute atomic E-state index is 0.123. The van der Waals surface area contributed by atoms with Crippen LogP contribution in [-0.4, -0.2) is 83.0 Å². The first-order chi connectivity index (χ1) is 15.3. The molecule has 4 heterocycles. The molecule has 8 nitrogen and oxygen atoms in total. The van der Waals surface area contributed by atoms with E-state index in [-0.39, 0.29) is 11.5 Å². The van der Waals surface area contributed by atoms with Crippen LogP contribution in [0.3, 0.4) is 0 Å². The molecule has 2 aromatic heterocycles. The first-order valence-corrected chi connectivity index (χ1v) is 11.2. The van der Waals surface area contributed by atoms with E-state index in [4.69, 9.17) is 16.3 Å². The number of amides is 1. The number of aromatic amines is 1. The molecule has 2 aliphatic rings. The summed E-state index contributed by atoms with van der Waals surface area (Å²) in [6.45, 7) is 7.38. The zero-order chi connectivity index (χ0) is 22.5. The van der Waals surface area contributed by atoms with E-state index >= 15 is 0 Å². The van der Waals surface area contributed by atoms with Crippen LogP contribution in [0.2, 0.25) is 5.02 Å². The summed E-state index contributed by atoms with van der Waals surface area (Å²) in [6.07, 6.45) is 3.52. The molecule has 5 rings (SSSR count). The molecule has 2 N–H and O–H groups in total. The number of fused-ring (bicyclic) bond motifs is 3. The average molecular weight is 455 g/mol. The second-order valence-corrected chi connectivity index (χ2v) is 9.56. The van der Waals surface area contributed by atoms with Crippen LogP contribution in [0.1, 0.15) is 13.8 Å². The number of aliphatic imine (C=N–C) groups is 1. The Labute approximate surface area is 191 Å². The molecule has 0 unspecified atom stereocenters. The third kappa shape index (κ3) is 3.94.